The quantitative estimate of drug-likeness (QED) is 0.879. The van der Waals surface area contributed by atoms with Crippen molar-refractivity contribution in [2.75, 3.05) is 11.9 Å². The monoisotopic (exact) mass is 318 g/mol. The minimum Gasteiger partial charge on any atom is -0.377 e. The van der Waals surface area contributed by atoms with Gasteiger partial charge in [0, 0.05) is 16.7 Å². The molecule has 2 nitrogen and oxygen atoms in total. The molecule has 0 saturated heterocycles. The van der Waals surface area contributed by atoms with Crippen molar-refractivity contribution >= 4 is 21.6 Å². The van der Waals surface area contributed by atoms with Crippen LogP contribution in [0.5, 0.6) is 0 Å². The number of anilines is 1. The van der Waals surface area contributed by atoms with Crippen molar-refractivity contribution < 1.29 is 0 Å². The van der Waals surface area contributed by atoms with Gasteiger partial charge in [-0.3, -0.25) is 0 Å². The van der Waals surface area contributed by atoms with E-state index in [1.54, 1.807) is 0 Å². The van der Waals surface area contributed by atoms with E-state index in [0.29, 0.717) is 6.54 Å². The van der Waals surface area contributed by atoms with Crippen LogP contribution in [-0.4, -0.2) is 12.1 Å². The summed E-state index contributed by atoms with van der Waals surface area (Å²) in [6, 6.07) is 18.5. The van der Waals surface area contributed by atoms with Gasteiger partial charge in [-0.15, -0.1) is 0 Å². The van der Waals surface area contributed by atoms with Crippen LogP contribution < -0.4 is 11.1 Å². The summed E-state index contributed by atoms with van der Waals surface area (Å²) in [4.78, 5) is 0. The van der Waals surface area contributed by atoms with E-state index >= 15 is 0 Å². The van der Waals surface area contributed by atoms with Gasteiger partial charge in [0.1, 0.15) is 0 Å². The summed E-state index contributed by atoms with van der Waals surface area (Å²) in [6.45, 7) is 2.72. The maximum absolute atomic E-state index is 5.97. The first-order valence-electron chi connectivity index (χ1n) is 6.40. The van der Waals surface area contributed by atoms with Crippen LogP contribution in [0.3, 0.4) is 0 Å². The Bertz CT molecular complexity index is 527. The van der Waals surface area contributed by atoms with Crippen molar-refractivity contribution in [3.05, 3.63) is 64.6 Å². The zero-order chi connectivity index (χ0) is 13.7. The summed E-state index contributed by atoms with van der Waals surface area (Å²) >= 11 is 3.56. The maximum atomic E-state index is 5.97. The molecule has 2 aromatic carbocycles. The Morgan fingerprint density at radius 1 is 1.05 bits per heavy atom. The highest BCUT2D eigenvalue weighted by Crippen LogP contribution is 2.26. The first-order valence-corrected chi connectivity index (χ1v) is 7.19. The van der Waals surface area contributed by atoms with E-state index in [1.807, 2.05) is 24.3 Å². The van der Waals surface area contributed by atoms with Gasteiger partial charge in [-0.2, -0.15) is 0 Å². The van der Waals surface area contributed by atoms with Gasteiger partial charge >= 0.3 is 0 Å². The molecule has 0 aromatic heterocycles. The predicted octanol–water partition coefficient (Wildman–Crippen LogP) is 3.82. The first-order chi connectivity index (χ1) is 9.13. The fourth-order valence-corrected chi connectivity index (χ4v) is 2.49. The molecular formula is C16H19BrN2. The van der Waals surface area contributed by atoms with E-state index in [2.05, 4.69) is 58.5 Å². The molecule has 0 saturated carbocycles. The predicted molar refractivity (Wildman–Crippen MR) is 85.4 cm³/mol. The number of hydrogen-bond acceptors (Lipinski definition) is 2. The third-order valence-corrected chi connectivity index (χ3v) is 3.89. The molecule has 1 atom stereocenters. The number of nitrogens with one attached hydrogen (secondary N) is 1. The molecule has 0 spiro atoms. The van der Waals surface area contributed by atoms with Crippen LogP contribution in [0, 0.1) is 0 Å². The van der Waals surface area contributed by atoms with Gasteiger partial charge in [0.15, 0.2) is 0 Å². The largest absolute Gasteiger partial charge is 0.377 e. The molecule has 0 bridgehead atoms. The number of rotatable bonds is 5. The van der Waals surface area contributed by atoms with Gasteiger partial charge in [-0.1, -0.05) is 42.5 Å². The second kappa shape index (κ2) is 6.22. The molecule has 0 aliphatic rings. The Morgan fingerprint density at radius 3 is 2.32 bits per heavy atom. The van der Waals surface area contributed by atoms with Crippen LogP contribution in [-0.2, 0) is 6.42 Å². The second-order valence-electron chi connectivity index (χ2n) is 5.03. The summed E-state index contributed by atoms with van der Waals surface area (Å²) in [5.41, 5.74) is 8.18. The molecule has 19 heavy (non-hydrogen) atoms. The molecule has 2 aromatic rings. The van der Waals surface area contributed by atoms with Crippen molar-refractivity contribution in [2.24, 2.45) is 5.73 Å². The van der Waals surface area contributed by atoms with Gasteiger partial charge in [0.05, 0.1) is 5.54 Å². The Balaban J connectivity index is 2.17. The molecule has 0 amide bonds. The average molecular weight is 319 g/mol. The lowest BCUT2D eigenvalue weighted by molar-refractivity contribution is 0.520. The lowest BCUT2D eigenvalue weighted by Gasteiger charge is -2.31. The van der Waals surface area contributed by atoms with Gasteiger partial charge in [-0.25, -0.2) is 0 Å². The van der Waals surface area contributed by atoms with E-state index in [4.69, 9.17) is 5.73 Å². The Labute approximate surface area is 123 Å². The first kappa shape index (κ1) is 14.1. The van der Waals surface area contributed by atoms with Gasteiger partial charge < -0.3 is 11.1 Å². The van der Waals surface area contributed by atoms with Crippen LogP contribution in [0.4, 0.5) is 5.69 Å². The number of para-hydroxylation sites is 1. The van der Waals surface area contributed by atoms with Crippen LogP contribution in [0.2, 0.25) is 0 Å². The van der Waals surface area contributed by atoms with Crippen molar-refractivity contribution in [2.45, 2.75) is 18.9 Å². The van der Waals surface area contributed by atoms with Crippen LogP contribution >= 0.6 is 15.9 Å². The molecule has 0 radical (unpaired) electrons. The van der Waals surface area contributed by atoms with Crippen molar-refractivity contribution in [3.8, 4) is 0 Å². The molecule has 0 aliphatic carbocycles. The zero-order valence-electron chi connectivity index (χ0n) is 11.1. The smallest absolute Gasteiger partial charge is 0.0508 e. The molecule has 3 heteroatoms. The highest BCUT2D eigenvalue weighted by Gasteiger charge is 2.23. The number of benzene rings is 2. The van der Waals surface area contributed by atoms with Gasteiger partial charge in [-0.05, 0) is 47.0 Å². The Morgan fingerprint density at radius 2 is 1.68 bits per heavy atom. The maximum Gasteiger partial charge on any atom is 0.0508 e. The van der Waals surface area contributed by atoms with Gasteiger partial charge in [0.2, 0.25) is 0 Å². The van der Waals surface area contributed by atoms with Crippen LogP contribution in [0.25, 0.3) is 0 Å². The summed E-state index contributed by atoms with van der Waals surface area (Å²) in [7, 11) is 0. The van der Waals surface area contributed by atoms with Crippen molar-refractivity contribution in [1.82, 2.24) is 0 Å². The summed E-state index contributed by atoms with van der Waals surface area (Å²) in [5, 5.41) is 3.55. The summed E-state index contributed by atoms with van der Waals surface area (Å²) in [6.07, 6.45) is 0.895. The third-order valence-electron chi connectivity index (χ3n) is 3.20. The SMILES string of the molecule is CC(CN)(Cc1ccccc1)Nc1ccccc1Br. The lowest BCUT2D eigenvalue weighted by Crippen LogP contribution is -2.44. The standard InChI is InChI=1S/C16H19BrN2/c1-16(12-18,11-13-7-3-2-4-8-13)19-15-10-6-5-9-14(15)17/h2-10,19H,11-12,18H2,1H3. The Hall–Kier alpha value is -1.32. The van der Waals surface area contributed by atoms with Crippen LogP contribution in [0.1, 0.15) is 12.5 Å². The number of halogens is 1. The second-order valence-corrected chi connectivity index (χ2v) is 5.89. The Kier molecular flexibility index (Phi) is 4.61. The number of nitrogens with two attached hydrogens (primary N) is 1. The molecule has 1 unspecified atom stereocenters. The molecule has 100 valence electrons. The molecule has 0 fully saturated rings. The van der Waals surface area contributed by atoms with E-state index < -0.39 is 0 Å². The fraction of sp³-hybridized carbons (Fsp3) is 0.250. The summed E-state index contributed by atoms with van der Waals surface area (Å²) in [5.74, 6) is 0. The third kappa shape index (κ3) is 3.82. The molecule has 0 aliphatic heterocycles. The van der Waals surface area contributed by atoms with E-state index in [1.165, 1.54) is 5.56 Å². The average Bonchev–Trinajstić information content (AvgIpc) is 2.42. The lowest BCUT2D eigenvalue weighted by atomic mass is 9.92. The van der Waals surface area contributed by atoms with Crippen molar-refractivity contribution in [1.29, 1.82) is 0 Å². The van der Waals surface area contributed by atoms with Crippen LogP contribution in [0.15, 0.2) is 59.1 Å². The number of hydrogen-bond donors (Lipinski definition) is 2. The minimum atomic E-state index is -0.161. The van der Waals surface area contributed by atoms with E-state index in [-0.39, 0.29) is 5.54 Å². The highest BCUT2D eigenvalue weighted by atomic mass is 79.9. The highest BCUT2D eigenvalue weighted by molar-refractivity contribution is 9.10. The zero-order valence-corrected chi connectivity index (χ0v) is 12.7. The van der Waals surface area contributed by atoms with Crippen molar-refractivity contribution in [3.63, 3.8) is 0 Å². The molecule has 2 rings (SSSR count). The molecule has 0 heterocycles. The molecular weight excluding hydrogens is 300 g/mol. The van der Waals surface area contributed by atoms with Gasteiger partial charge in [0.25, 0.3) is 0 Å². The minimum absolute atomic E-state index is 0.161. The fourth-order valence-electron chi connectivity index (χ4n) is 2.10. The summed E-state index contributed by atoms with van der Waals surface area (Å²) < 4.78 is 1.06. The van der Waals surface area contributed by atoms with E-state index in [0.717, 1.165) is 16.6 Å². The molecule has 3 N–H and O–H groups in total. The topological polar surface area (TPSA) is 38.0 Å². The normalized spacial score (nSPS) is 13.8. The van der Waals surface area contributed by atoms with E-state index in [9.17, 15) is 0 Å².